The highest BCUT2D eigenvalue weighted by atomic mass is 31.2. The predicted octanol–water partition coefficient (Wildman–Crippen LogP) is 19.3. The molecular formula is C71H126O16P2. The molecule has 18 heteroatoms. The van der Waals surface area contributed by atoms with Crippen molar-refractivity contribution in [1.82, 2.24) is 0 Å². The minimum Gasteiger partial charge on any atom is -0.463 e. The SMILES string of the molecule is CC/C=C\C/C=C\C/C=C\C/C=C\C/C=C\C/C=C\CCCCCCCCC(=O)OCC(O)COP(=O)(O)OCC(O)COP(=O)(O)OCC(COC(=O)CCCCCCC/C=C\CCCCCCCC)OC(=O)CCCCCCCCCCCCCCC. The molecule has 4 N–H and O–H groups in total. The molecule has 16 nitrogen and oxygen atoms in total. The van der Waals surface area contributed by atoms with Crippen molar-refractivity contribution in [3.63, 3.8) is 0 Å². The molecule has 0 fully saturated rings. The lowest BCUT2D eigenvalue weighted by molar-refractivity contribution is -0.161. The van der Waals surface area contributed by atoms with Crippen molar-refractivity contribution in [2.24, 2.45) is 0 Å². The summed E-state index contributed by atoms with van der Waals surface area (Å²) in [5, 5.41) is 20.5. The number of carbonyl (C=O) groups is 3. The summed E-state index contributed by atoms with van der Waals surface area (Å²) in [5.41, 5.74) is 0. The van der Waals surface area contributed by atoms with Crippen LogP contribution in [0.25, 0.3) is 0 Å². The van der Waals surface area contributed by atoms with E-state index in [1.165, 1.54) is 89.9 Å². The quantitative estimate of drug-likeness (QED) is 0.0146. The number of allylic oxidation sites excluding steroid dienone is 14. The van der Waals surface area contributed by atoms with Gasteiger partial charge in [-0.1, -0.05) is 260 Å². The number of hydrogen-bond acceptors (Lipinski definition) is 14. The van der Waals surface area contributed by atoms with Gasteiger partial charge in [0, 0.05) is 19.3 Å². The number of unbranched alkanes of at least 4 members (excludes halogenated alkanes) is 29. The number of esters is 3. The number of rotatable bonds is 66. The molecule has 5 unspecified atom stereocenters. The lowest BCUT2D eigenvalue weighted by Gasteiger charge is -2.21. The Labute approximate surface area is 540 Å². The summed E-state index contributed by atoms with van der Waals surface area (Å²) in [7, 11) is -9.77. The summed E-state index contributed by atoms with van der Waals surface area (Å²) < 4.78 is 60.9. The standard InChI is InChI=1S/C71H126O16P2/c1-4-7-10-13-16-19-22-25-27-28-29-30-31-32-33-34-35-36-38-41-42-45-48-51-54-57-69(74)81-60-66(72)61-83-88(77,78)84-62-67(73)63-85-89(79,80)86-65-68(87-71(76)59-56-53-50-47-44-39-24-21-18-15-12-9-6-3)64-82-70(75)58-55-52-49-46-43-40-37-26-23-20-17-14-11-8-5-2/h7,10,16,19,25-27,29-30,32-33,35-37,66-68,72-73H,4-6,8-9,11-15,17-18,20-24,28,31,34,38-65H2,1-3H3,(H,77,78)(H,79,80)/b10-7-,19-16-,27-25-,30-29-,33-32-,36-35-,37-26-. The van der Waals surface area contributed by atoms with Crippen LogP contribution in [0.3, 0.4) is 0 Å². The van der Waals surface area contributed by atoms with Crippen LogP contribution in [-0.2, 0) is 55.8 Å². The Morgan fingerprint density at radius 3 is 0.955 bits per heavy atom. The predicted molar refractivity (Wildman–Crippen MR) is 362 cm³/mol. The van der Waals surface area contributed by atoms with Crippen molar-refractivity contribution in [3.8, 4) is 0 Å². The Balaban J connectivity index is 4.55. The minimum absolute atomic E-state index is 0.107. The number of phosphoric ester groups is 2. The highest BCUT2D eigenvalue weighted by Crippen LogP contribution is 2.45. The summed E-state index contributed by atoms with van der Waals surface area (Å²) in [6.45, 7) is 2.54. The first-order chi connectivity index (χ1) is 43.2. The smallest absolute Gasteiger partial charge is 0.463 e. The highest BCUT2D eigenvalue weighted by Gasteiger charge is 2.29. The summed E-state index contributed by atoms with van der Waals surface area (Å²) in [6.07, 6.45) is 69.2. The number of aliphatic hydroxyl groups excluding tert-OH is 2. The van der Waals surface area contributed by atoms with E-state index in [9.17, 15) is 43.5 Å². The van der Waals surface area contributed by atoms with Gasteiger partial charge in [0.15, 0.2) is 6.10 Å². The van der Waals surface area contributed by atoms with Crippen molar-refractivity contribution in [3.05, 3.63) is 85.1 Å². The fourth-order valence-corrected chi connectivity index (χ4v) is 10.9. The van der Waals surface area contributed by atoms with E-state index in [-0.39, 0.29) is 19.3 Å². The lowest BCUT2D eigenvalue weighted by atomic mass is 10.0. The van der Waals surface area contributed by atoms with Crippen LogP contribution in [0.4, 0.5) is 0 Å². The molecule has 0 aromatic rings. The molecular weight excluding hydrogens is 1170 g/mol. The molecule has 516 valence electrons. The van der Waals surface area contributed by atoms with E-state index in [1.807, 2.05) is 0 Å². The van der Waals surface area contributed by atoms with Gasteiger partial charge in [0.05, 0.1) is 26.4 Å². The Bertz CT molecular complexity index is 1970. The average molecular weight is 1300 g/mol. The van der Waals surface area contributed by atoms with Gasteiger partial charge in [-0.3, -0.25) is 32.5 Å². The van der Waals surface area contributed by atoms with Crippen LogP contribution in [-0.4, -0.2) is 95.9 Å². The second kappa shape index (κ2) is 64.8. The van der Waals surface area contributed by atoms with Gasteiger partial charge in [0.25, 0.3) is 0 Å². The lowest BCUT2D eigenvalue weighted by Crippen LogP contribution is -2.30. The third-order valence-corrected chi connectivity index (χ3v) is 16.5. The average Bonchev–Trinajstić information content (AvgIpc) is 3.70. The zero-order valence-electron chi connectivity index (χ0n) is 55.8. The minimum atomic E-state index is -4.92. The third kappa shape index (κ3) is 66.0. The Morgan fingerprint density at radius 1 is 0.326 bits per heavy atom. The largest absolute Gasteiger partial charge is 0.472 e. The Kier molecular flexibility index (Phi) is 62.4. The second-order valence-corrected chi connectivity index (χ2v) is 26.2. The van der Waals surface area contributed by atoms with E-state index in [2.05, 4.69) is 106 Å². The fourth-order valence-electron chi connectivity index (χ4n) is 9.27. The first-order valence-corrected chi connectivity index (χ1v) is 37.9. The van der Waals surface area contributed by atoms with Crippen LogP contribution in [0.15, 0.2) is 85.1 Å². The summed E-state index contributed by atoms with van der Waals surface area (Å²) >= 11 is 0. The Morgan fingerprint density at radius 2 is 0.596 bits per heavy atom. The zero-order chi connectivity index (χ0) is 65.3. The molecule has 0 amide bonds. The van der Waals surface area contributed by atoms with Crippen LogP contribution >= 0.6 is 15.6 Å². The molecule has 0 bridgehead atoms. The van der Waals surface area contributed by atoms with Gasteiger partial charge < -0.3 is 34.2 Å². The van der Waals surface area contributed by atoms with Crippen LogP contribution in [0.2, 0.25) is 0 Å². The van der Waals surface area contributed by atoms with Gasteiger partial charge in [0.1, 0.15) is 25.4 Å². The van der Waals surface area contributed by atoms with Gasteiger partial charge in [0.2, 0.25) is 0 Å². The molecule has 0 aromatic carbocycles. The third-order valence-electron chi connectivity index (χ3n) is 14.6. The molecule has 0 rings (SSSR count). The van der Waals surface area contributed by atoms with Crippen LogP contribution in [0.5, 0.6) is 0 Å². The maximum atomic E-state index is 12.9. The van der Waals surface area contributed by atoms with Crippen molar-refractivity contribution in [2.45, 2.75) is 309 Å². The maximum absolute atomic E-state index is 12.9. The van der Waals surface area contributed by atoms with Crippen molar-refractivity contribution >= 4 is 33.6 Å². The molecule has 0 aliphatic heterocycles. The summed E-state index contributed by atoms with van der Waals surface area (Å²) in [6, 6.07) is 0. The van der Waals surface area contributed by atoms with Crippen LogP contribution in [0, 0.1) is 0 Å². The van der Waals surface area contributed by atoms with Crippen molar-refractivity contribution in [2.75, 3.05) is 39.6 Å². The van der Waals surface area contributed by atoms with E-state index in [1.54, 1.807) is 0 Å². The monoisotopic (exact) mass is 1300 g/mol. The summed E-state index contributed by atoms with van der Waals surface area (Å²) in [5.74, 6) is -1.59. The van der Waals surface area contributed by atoms with Gasteiger partial charge in [-0.25, -0.2) is 9.13 Å². The first kappa shape index (κ1) is 85.7. The molecule has 0 heterocycles. The van der Waals surface area contributed by atoms with E-state index >= 15 is 0 Å². The maximum Gasteiger partial charge on any atom is 0.472 e. The van der Waals surface area contributed by atoms with E-state index < -0.39 is 91.5 Å². The molecule has 0 aliphatic rings. The molecule has 0 radical (unpaired) electrons. The summed E-state index contributed by atoms with van der Waals surface area (Å²) in [4.78, 5) is 58.3. The van der Waals surface area contributed by atoms with E-state index in [0.717, 1.165) is 141 Å². The molecule has 0 aliphatic carbocycles. The number of carbonyl (C=O) groups excluding carboxylic acids is 3. The molecule has 89 heavy (non-hydrogen) atoms. The second-order valence-electron chi connectivity index (χ2n) is 23.3. The van der Waals surface area contributed by atoms with Crippen LogP contribution in [0.1, 0.15) is 290 Å². The van der Waals surface area contributed by atoms with Gasteiger partial charge in [-0.2, -0.15) is 0 Å². The van der Waals surface area contributed by atoms with Crippen LogP contribution < -0.4 is 0 Å². The van der Waals surface area contributed by atoms with Gasteiger partial charge in [-0.05, 0) is 96.3 Å². The topological polar surface area (TPSA) is 231 Å². The molecule has 0 spiro atoms. The van der Waals surface area contributed by atoms with Gasteiger partial charge >= 0.3 is 33.6 Å². The highest BCUT2D eigenvalue weighted by molar-refractivity contribution is 7.47. The van der Waals surface area contributed by atoms with Crippen molar-refractivity contribution < 1.29 is 75.8 Å². The van der Waals surface area contributed by atoms with Gasteiger partial charge in [-0.15, -0.1) is 0 Å². The molecule has 0 saturated heterocycles. The van der Waals surface area contributed by atoms with Crippen molar-refractivity contribution in [1.29, 1.82) is 0 Å². The van der Waals surface area contributed by atoms with E-state index in [4.69, 9.17) is 32.3 Å². The number of phosphoric acid groups is 2. The normalized spacial score (nSPS) is 14.7. The molecule has 5 atom stereocenters. The number of hydrogen-bond donors (Lipinski definition) is 4. The Hall–Kier alpha value is -3.27. The molecule has 0 saturated carbocycles. The fraction of sp³-hybridized carbons (Fsp3) is 0.761. The molecule has 0 aromatic heterocycles. The first-order valence-electron chi connectivity index (χ1n) is 34.9. The number of ether oxygens (including phenoxy) is 3. The van der Waals surface area contributed by atoms with E-state index in [0.29, 0.717) is 19.3 Å². The zero-order valence-corrected chi connectivity index (χ0v) is 57.6. The number of aliphatic hydroxyl groups is 2.